The van der Waals surface area contributed by atoms with E-state index in [1.54, 1.807) is 22.7 Å². The van der Waals surface area contributed by atoms with Crippen LogP contribution in [0.1, 0.15) is 24.1 Å². The Morgan fingerprint density at radius 1 is 1.21 bits per heavy atom. The van der Waals surface area contributed by atoms with E-state index in [1.165, 1.54) is 12.1 Å². The summed E-state index contributed by atoms with van der Waals surface area (Å²) >= 11 is 6.63. The molecule has 2 aromatic heterocycles. The van der Waals surface area contributed by atoms with E-state index in [0.717, 1.165) is 38.5 Å². The Kier molecular flexibility index (Phi) is 6.44. The Labute approximate surface area is 185 Å². The molecule has 1 fully saturated rings. The Morgan fingerprint density at radius 2 is 1.97 bits per heavy atom. The van der Waals surface area contributed by atoms with Crippen LogP contribution in [0.5, 0.6) is 0 Å². The van der Waals surface area contributed by atoms with E-state index in [1.807, 2.05) is 29.0 Å². The van der Waals surface area contributed by atoms with Gasteiger partial charge >= 0.3 is 0 Å². The summed E-state index contributed by atoms with van der Waals surface area (Å²) in [6.45, 7) is 1.79. The highest BCUT2D eigenvalue weighted by molar-refractivity contribution is 9.10. The van der Waals surface area contributed by atoms with E-state index in [-0.39, 0.29) is 23.6 Å². The summed E-state index contributed by atoms with van der Waals surface area (Å²) in [5.74, 6) is -0.306. The second-order valence-corrected chi connectivity index (χ2v) is 9.81. The molecule has 8 heteroatoms. The molecule has 1 aromatic carbocycles. The van der Waals surface area contributed by atoms with Crippen LogP contribution >= 0.6 is 38.6 Å². The molecule has 0 unspecified atom stereocenters. The lowest BCUT2D eigenvalue weighted by Crippen LogP contribution is -2.45. The SMILES string of the molecule is O=C(Cc1csc(-c2cc(Br)cs2)n1)NCC1(c2ccc(F)cc2)CCOCC1. The molecular weight excluding hydrogens is 475 g/mol. The number of hydrogen-bond acceptors (Lipinski definition) is 5. The average Bonchev–Trinajstić information content (AvgIpc) is 3.36. The lowest BCUT2D eigenvalue weighted by Gasteiger charge is -2.38. The van der Waals surface area contributed by atoms with Crippen molar-refractivity contribution in [2.24, 2.45) is 0 Å². The minimum atomic E-state index is -0.253. The molecule has 0 saturated carbocycles. The molecule has 0 aliphatic carbocycles. The van der Waals surface area contributed by atoms with Crippen molar-refractivity contribution in [3.8, 4) is 9.88 Å². The molecule has 0 bridgehead atoms. The van der Waals surface area contributed by atoms with Crippen molar-refractivity contribution >= 4 is 44.5 Å². The summed E-state index contributed by atoms with van der Waals surface area (Å²) in [5.41, 5.74) is 1.59. The molecule has 3 heterocycles. The van der Waals surface area contributed by atoms with Crippen molar-refractivity contribution in [3.63, 3.8) is 0 Å². The van der Waals surface area contributed by atoms with Gasteiger partial charge in [0, 0.05) is 40.4 Å². The number of halogens is 2. The molecular formula is C21H20BrFN2O2S2. The molecule has 1 saturated heterocycles. The van der Waals surface area contributed by atoms with E-state index in [4.69, 9.17) is 4.74 Å². The number of benzene rings is 1. The van der Waals surface area contributed by atoms with Gasteiger partial charge in [-0.25, -0.2) is 9.37 Å². The molecule has 4 nitrogen and oxygen atoms in total. The van der Waals surface area contributed by atoms with Crippen LogP contribution in [0, 0.1) is 5.82 Å². The van der Waals surface area contributed by atoms with Crippen LogP contribution in [0.3, 0.4) is 0 Å². The predicted molar refractivity (Wildman–Crippen MR) is 118 cm³/mol. The fraction of sp³-hybridized carbons (Fsp3) is 0.333. The van der Waals surface area contributed by atoms with Gasteiger partial charge in [-0.1, -0.05) is 12.1 Å². The molecule has 4 rings (SSSR count). The number of rotatable bonds is 6. The van der Waals surface area contributed by atoms with Gasteiger partial charge in [0.1, 0.15) is 10.8 Å². The molecule has 1 N–H and O–H groups in total. The van der Waals surface area contributed by atoms with Crippen LogP contribution < -0.4 is 5.32 Å². The predicted octanol–water partition coefficient (Wildman–Crippen LogP) is 5.18. The maximum Gasteiger partial charge on any atom is 0.226 e. The lowest BCUT2D eigenvalue weighted by atomic mass is 9.74. The number of ether oxygens (including phenoxy) is 1. The standard InChI is InChI=1S/C21H20BrFN2O2S2/c22-15-9-18(28-11-15)20-25-17(12-29-20)10-19(26)24-13-21(5-7-27-8-6-21)14-1-3-16(23)4-2-14/h1-4,9,11-12H,5-8,10,13H2,(H,24,26). The first kappa shape index (κ1) is 20.7. The van der Waals surface area contributed by atoms with Crippen LogP contribution in [0.15, 0.2) is 45.6 Å². The maximum atomic E-state index is 13.4. The third kappa shape index (κ3) is 4.94. The zero-order valence-electron chi connectivity index (χ0n) is 15.6. The van der Waals surface area contributed by atoms with Crippen LogP contribution in [-0.2, 0) is 21.4 Å². The van der Waals surface area contributed by atoms with Crippen molar-refractivity contribution in [1.82, 2.24) is 10.3 Å². The molecule has 3 aromatic rings. The zero-order chi connectivity index (χ0) is 20.3. The van der Waals surface area contributed by atoms with Gasteiger partial charge in [0.2, 0.25) is 5.91 Å². The molecule has 1 aliphatic rings. The van der Waals surface area contributed by atoms with E-state index in [9.17, 15) is 9.18 Å². The third-order valence-corrected chi connectivity index (χ3v) is 7.95. The largest absolute Gasteiger partial charge is 0.381 e. The number of nitrogens with zero attached hydrogens (tertiary/aromatic N) is 1. The molecule has 29 heavy (non-hydrogen) atoms. The summed E-state index contributed by atoms with van der Waals surface area (Å²) in [4.78, 5) is 18.3. The molecule has 1 amide bonds. The summed E-state index contributed by atoms with van der Waals surface area (Å²) < 4.78 is 19.9. The summed E-state index contributed by atoms with van der Waals surface area (Å²) in [5, 5.41) is 7.96. The van der Waals surface area contributed by atoms with Crippen LogP contribution in [0.4, 0.5) is 4.39 Å². The highest BCUT2D eigenvalue weighted by Crippen LogP contribution is 2.35. The van der Waals surface area contributed by atoms with Crippen LogP contribution in [-0.4, -0.2) is 30.6 Å². The molecule has 152 valence electrons. The first-order valence-electron chi connectivity index (χ1n) is 9.33. The number of carbonyl (C=O) groups is 1. The zero-order valence-corrected chi connectivity index (χ0v) is 18.8. The minimum absolute atomic E-state index is 0.0535. The number of nitrogens with one attached hydrogen (secondary N) is 1. The van der Waals surface area contributed by atoms with Crippen molar-refractivity contribution in [1.29, 1.82) is 0 Å². The fourth-order valence-corrected chi connectivity index (χ4v) is 5.88. The van der Waals surface area contributed by atoms with Crippen LogP contribution in [0.2, 0.25) is 0 Å². The van der Waals surface area contributed by atoms with Crippen molar-refractivity contribution in [2.75, 3.05) is 19.8 Å². The Hall–Kier alpha value is -1.61. The molecule has 0 spiro atoms. The van der Waals surface area contributed by atoms with Crippen molar-refractivity contribution in [2.45, 2.75) is 24.7 Å². The molecule has 1 aliphatic heterocycles. The van der Waals surface area contributed by atoms with Gasteiger partial charge in [0.05, 0.1) is 17.0 Å². The van der Waals surface area contributed by atoms with Gasteiger partial charge in [0.25, 0.3) is 0 Å². The Bertz CT molecular complexity index is 981. The number of carbonyl (C=O) groups excluding carboxylic acids is 1. The van der Waals surface area contributed by atoms with E-state index in [2.05, 4.69) is 26.2 Å². The smallest absolute Gasteiger partial charge is 0.226 e. The van der Waals surface area contributed by atoms with Crippen molar-refractivity contribution < 1.29 is 13.9 Å². The second-order valence-electron chi connectivity index (χ2n) is 7.13. The van der Waals surface area contributed by atoms with E-state index in [0.29, 0.717) is 19.8 Å². The number of thiophene rings is 1. The summed E-state index contributed by atoms with van der Waals surface area (Å²) in [7, 11) is 0. The first-order chi connectivity index (χ1) is 14.0. The Morgan fingerprint density at radius 3 is 2.66 bits per heavy atom. The third-order valence-electron chi connectivity index (χ3n) is 5.20. The monoisotopic (exact) mass is 494 g/mol. The maximum absolute atomic E-state index is 13.4. The van der Waals surface area contributed by atoms with E-state index >= 15 is 0 Å². The average molecular weight is 495 g/mol. The first-order valence-corrected chi connectivity index (χ1v) is 11.9. The number of amides is 1. The highest BCUT2D eigenvalue weighted by Gasteiger charge is 2.34. The normalized spacial score (nSPS) is 15.9. The quantitative estimate of drug-likeness (QED) is 0.513. The van der Waals surface area contributed by atoms with Gasteiger partial charge < -0.3 is 10.1 Å². The molecule has 0 atom stereocenters. The van der Waals surface area contributed by atoms with Gasteiger partial charge in [0.15, 0.2) is 0 Å². The molecule has 0 radical (unpaired) electrons. The number of thiazole rings is 1. The fourth-order valence-electron chi connectivity index (χ4n) is 3.55. The minimum Gasteiger partial charge on any atom is -0.381 e. The number of aromatic nitrogens is 1. The topological polar surface area (TPSA) is 51.2 Å². The number of hydrogen-bond donors (Lipinski definition) is 1. The summed E-state index contributed by atoms with van der Waals surface area (Å²) in [6.07, 6.45) is 1.85. The van der Waals surface area contributed by atoms with Gasteiger partial charge in [-0.3, -0.25) is 4.79 Å². The Balaban J connectivity index is 1.41. The van der Waals surface area contributed by atoms with Crippen molar-refractivity contribution in [3.05, 3.63) is 62.6 Å². The van der Waals surface area contributed by atoms with Gasteiger partial charge in [-0.05, 0) is 52.5 Å². The van der Waals surface area contributed by atoms with Gasteiger partial charge in [-0.2, -0.15) is 0 Å². The highest BCUT2D eigenvalue weighted by atomic mass is 79.9. The van der Waals surface area contributed by atoms with E-state index < -0.39 is 0 Å². The second kappa shape index (κ2) is 9.04. The lowest BCUT2D eigenvalue weighted by molar-refractivity contribution is -0.121. The van der Waals surface area contributed by atoms with Gasteiger partial charge in [-0.15, -0.1) is 22.7 Å². The van der Waals surface area contributed by atoms with Crippen LogP contribution in [0.25, 0.3) is 9.88 Å². The summed E-state index contributed by atoms with van der Waals surface area (Å²) in [6, 6.07) is 8.63.